The van der Waals surface area contributed by atoms with Gasteiger partial charge in [0.2, 0.25) is 5.95 Å². The first kappa shape index (κ1) is 27.5. The number of nitrogens with zero attached hydrogens (tertiary/aromatic N) is 5. The highest BCUT2D eigenvalue weighted by Gasteiger charge is 2.23. The third-order valence-corrected chi connectivity index (χ3v) is 9.71. The summed E-state index contributed by atoms with van der Waals surface area (Å²) in [5, 5.41) is 4.67. The maximum atomic E-state index is 5.18. The van der Waals surface area contributed by atoms with Crippen LogP contribution in [-0.2, 0) is 0 Å². The average molecular weight is 813 g/mol. The second kappa shape index (κ2) is 10.9. The van der Waals surface area contributed by atoms with Gasteiger partial charge in [-0.1, -0.05) is 72.8 Å². The van der Waals surface area contributed by atoms with Crippen LogP contribution in [0.2, 0.25) is 0 Å². The molecule has 0 N–H and O–H groups in total. The maximum Gasteiger partial charge on any atom is 0.238 e. The van der Waals surface area contributed by atoms with Gasteiger partial charge in [-0.05, 0) is 112 Å². The fourth-order valence-electron chi connectivity index (χ4n) is 6.40. The lowest BCUT2D eigenvalue weighted by molar-refractivity contribution is 0.953. The summed E-state index contributed by atoms with van der Waals surface area (Å²) in [4.78, 5) is 15.3. The third-order valence-electron chi connectivity index (χ3n) is 8.36. The number of halogens is 2. The van der Waals surface area contributed by atoms with Gasteiger partial charge in [-0.3, -0.25) is 4.57 Å². The number of hydrogen-bond acceptors (Lipinski definition) is 3. The first-order valence-electron chi connectivity index (χ1n) is 14.8. The highest BCUT2D eigenvalue weighted by Crippen LogP contribution is 2.42. The zero-order valence-electron chi connectivity index (χ0n) is 24.1. The molecule has 0 unspecified atom stereocenters. The Bertz CT molecular complexity index is 2530. The van der Waals surface area contributed by atoms with Gasteiger partial charge in [0.25, 0.3) is 0 Å². The third kappa shape index (κ3) is 4.39. The lowest BCUT2D eigenvalue weighted by Crippen LogP contribution is -2.07. The molecule has 46 heavy (non-hydrogen) atoms. The normalized spacial score (nSPS) is 11.5. The van der Waals surface area contributed by atoms with Gasteiger partial charge in [0.1, 0.15) is 0 Å². The summed E-state index contributed by atoms with van der Waals surface area (Å²) < 4.78 is 6.97. The molecule has 0 amide bonds. The first-order chi connectivity index (χ1) is 22.6. The quantitative estimate of drug-likeness (QED) is 0.166. The molecule has 9 aromatic rings. The summed E-state index contributed by atoms with van der Waals surface area (Å²) in [7, 11) is 0. The molecule has 6 aromatic carbocycles. The number of rotatable bonds is 4. The molecule has 0 saturated heterocycles. The van der Waals surface area contributed by atoms with E-state index in [-0.39, 0.29) is 0 Å². The van der Waals surface area contributed by atoms with E-state index in [1.807, 2.05) is 48.5 Å². The molecule has 0 spiro atoms. The number of hydrogen-bond donors (Lipinski definition) is 0. The van der Waals surface area contributed by atoms with Gasteiger partial charge >= 0.3 is 0 Å². The zero-order valence-corrected chi connectivity index (χ0v) is 28.4. The van der Waals surface area contributed by atoms with Gasteiger partial charge < -0.3 is 4.57 Å². The largest absolute Gasteiger partial charge is 0.307 e. The zero-order chi connectivity index (χ0) is 30.8. The molecule has 9 rings (SSSR count). The second-order valence-corrected chi connectivity index (χ2v) is 13.5. The number of benzene rings is 5. The van der Waals surface area contributed by atoms with Crippen LogP contribution in [0.4, 0.5) is 0 Å². The Hall–Kier alpha value is -4.79. The van der Waals surface area contributed by atoms with Gasteiger partial charge in [-0.25, -0.2) is 4.98 Å². The minimum absolute atomic E-state index is 0.560. The van der Waals surface area contributed by atoms with E-state index in [4.69, 9.17) is 15.0 Å². The number of aromatic nitrogens is 5. The van der Waals surface area contributed by atoms with Crippen molar-refractivity contribution in [2.75, 3.05) is 0 Å². The van der Waals surface area contributed by atoms with Crippen molar-refractivity contribution in [3.8, 4) is 34.4 Å². The lowest BCUT2D eigenvalue weighted by atomic mass is 10.1. The number of fused-ring (bicyclic) bond motifs is 7. The summed E-state index contributed by atoms with van der Waals surface area (Å²) in [5.74, 6) is 1.75. The Labute approximate surface area is 291 Å². The average Bonchev–Trinajstić information content (AvgIpc) is 3.61. The summed E-state index contributed by atoms with van der Waals surface area (Å²) >= 11 is 4.80. The molecule has 0 fully saturated rings. The fraction of sp³-hybridized carbons (Fsp3) is 0. The molecule has 7 heteroatoms. The van der Waals surface area contributed by atoms with E-state index >= 15 is 0 Å². The van der Waals surface area contributed by atoms with E-state index < -0.39 is 0 Å². The topological polar surface area (TPSA) is 48.5 Å². The van der Waals surface area contributed by atoms with E-state index in [9.17, 15) is 0 Å². The van der Waals surface area contributed by atoms with Gasteiger partial charge in [-0.2, -0.15) is 9.97 Å². The minimum atomic E-state index is 0.560. The van der Waals surface area contributed by atoms with Gasteiger partial charge in [0.15, 0.2) is 11.6 Å². The van der Waals surface area contributed by atoms with Crippen LogP contribution in [0.15, 0.2) is 127 Å². The Balaban J connectivity index is 1.49. The summed E-state index contributed by atoms with van der Waals surface area (Å²) in [6.07, 6.45) is 0. The van der Waals surface area contributed by atoms with Crippen LogP contribution in [0.5, 0.6) is 0 Å². The van der Waals surface area contributed by atoms with Crippen LogP contribution < -0.4 is 0 Å². The first-order valence-corrected chi connectivity index (χ1v) is 16.9. The van der Waals surface area contributed by atoms with Crippen LogP contribution >= 0.6 is 45.2 Å². The van der Waals surface area contributed by atoms with Crippen molar-refractivity contribution >= 4 is 88.8 Å². The molecule has 3 aromatic heterocycles. The lowest BCUT2D eigenvalue weighted by Gasteiger charge is -2.13. The molecular formula is C39H21I2N5. The Kier molecular flexibility index (Phi) is 6.54. The van der Waals surface area contributed by atoms with E-state index in [2.05, 4.69) is 145 Å². The van der Waals surface area contributed by atoms with Gasteiger partial charge in [0.05, 0.1) is 22.1 Å². The Morgan fingerprint density at radius 1 is 0.500 bits per heavy atom. The van der Waals surface area contributed by atoms with Gasteiger partial charge in [-0.15, -0.1) is 0 Å². The molecule has 0 saturated carbocycles. The SMILES string of the molecule is Ic1ccc2c(c1)c1ccc3c4cc(I)ccc4n(-c4nc(-c5cc#ccc5)nc(-c5ccccc5)n4)c3c1n2-c1ccccc1. The van der Waals surface area contributed by atoms with Crippen molar-refractivity contribution in [3.05, 3.63) is 147 Å². The molecule has 0 radical (unpaired) electrons. The van der Waals surface area contributed by atoms with Crippen molar-refractivity contribution in [1.82, 2.24) is 24.1 Å². The summed E-state index contributed by atoms with van der Waals surface area (Å²) in [6.45, 7) is 0. The van der Waals surface area contributed by atoms with Crippen LogP contribution in [0.1, 0.15) is 0 Å². The van der Waals surface area contributed by atoms with E-state index in [0.29, 0.717) is 17.6 Å². The molecular weight excluding hydrogens is 792 g/mol. The smallest absolute Gasteiger partial charge is 0.238 e. The van der Waals surface area contributed by atoms with Gasteiger partial charge in [0, 0.05) is 45.5 Å². The summed E-state index contributed by atoms with van der Waals surface area (Å²) in [5.41, 5.74) is 7.22. The maximum absolute atomic E-state index is 5.18. The van der Waals surface area contributed by atoms with E-state index in [1.165, 1.54) is 17.9 Å². The predicted molar refractivity (Wildman–Crippen MR) is 202 cm³/mol. The van der Waals surface area contributed by atoms with Crippen molar-refractivity contribution in [2.24, 2.45) is 0 Å². The Morgan fingerprint density at radius 2 is 1.09 bits per heavy atom. The molecule has 0 aliphatic rings. The second-order valence-electron chi connectivity index (χ2n) is 11.1. The minimum Gasteiger partial charge on any atom is -0.307 e. The number of para-hydroxylation sites is 1. The Morgan fingerprint density at radius 3 is 1.72 bits per heavy atom. The fourth-order valence-corrected chi connectivity index (χ4v) is 7.38. The molecule has 0 atom stereocenters. The van der Waals surface area contributed by atoms with E-state index in [0.717, 1.165) is 49.7 Å². The van der Waals surface area contributed by atoms with E-state index in [1.54, 1.807) is 0 Å². The molecule has 0 aliphatic heterocycles. The van der Waals surface area contributed by atoms with Crippen molar-refractivity contribution in [2.45, 2.75) is 0 Å². The molecule has 3 heterocycles. The molecule has 0 aliphatic carbocycles. The van der Waals surface area contributed by atoms with Crippen molar-refractivity contribution in [1.29, 1.82) is 0 Å². The standard InChI is InChI=1S/C39H21I2N5/c40-26-16-20-33-31(22-26)29-18-19-30-32-23-27(41)17-21-34(32)46(36(30)35(29)45(33)28-14-8-3-9-15-28)39-43-37(24-10-4-1-5-11-24)42-38(44-39)25-12-6-2-7-13-25/h1,3-6,8-23H. The highest BCUT2D eigenvalue weighted by molar-refractivity contribution is 14.1. The monoisotopic (exact) mass is 813 g/mol. The molecule has 0 bridgehead atoms. The van der Waals surface area contributed by atoms with Crippen LogP contribution in [-0.4, -0.2) is 24.1 Å². The predicted octanol–water partition coefficient (Wildman–Crippen LogP) is 10.2. The van der Waals surface area contributed by atoms with Crippen LogP contribution in [0.3, 0.4) is 0 Å². The molecule has 5 nitrogen and oxygen atoms in total. The van der Waals surface area contributed by atoms with Crippen molar-refractivity contribution < 1.29 is 0 Å². The van der Waals surface area contributed by atoms with Crippen LogP contribution in [0.25, 0.3) is 78.0 Å². The van der Waals surface area contributed by atoms with Crippen molar-refractivity contribution in [3.63, 3.8) is 0 Å². The summed E-state index contributed by atoms with van der Waals surface area (Å²) in [6, 6.07) is 50.2. The van der Waals surface area contributed by atoms with Crippen LogP contribution in [0, 0.1) is 19.3 Å². The molecule has 216 valence electrons. The highest BCUT2D eigenvalue weighted by atomic mass is 127.